The number of benzene rings is 1. The number of hydrogen-bond donors (Lipinski definition) is 3. The monoisotopic (exact) mass is 353 g/mol. The number of amides is 2. The Morgan fingerprint density at radius 1 is 1.23 bits per heavy atom. The average Bonchev–Trinajstić information content (AvgIpc) is 2.56. The first-order valence-corrected chi connectivity index (χ1v) is 9.60. The predicted octanol–water partition coefficient (Wildman–Crippen LogP) is 3.72. The van der Waals surface area contributed by atoms with Crippen molar-refractivity contribution in [1.82, 2.24) is 10.7 Å². The SMILES string of the molecule is C=CCc1cccc(/C=N/NC(=O)NC23CC4CC(CC(C4)C2)C3)c1O. The van der Waals surface area contributed by atoms with Gasteiger partial charge in [0.05, 0.1) is 6.21 Å². The van der Waals surface area contributed by atoms with Crippen LogP contribution in [0, 0.1) is 17.8 Å². The van der Waals surface area contributed by atoms with Crippen molar-refractivity contribution >= 4 is 12.2 Å². The maximum absolute atomic E-state index is 12.4. The van der Waals surface area contributed by atoms with Crippen molar-refractivity contribution in [3.05, 3.63) is 42.0 Å². The van der Waals surface area contributed by atoms with Crippen molar-refractivity contribution in [1.29, 1.82) is 0 Å². The van der Waals surface area contributed by atoms with Gasteiger partial charge >= 0.3 is 6.03 Å². The normalized spacial score (nSPS) is 31.9. The molecular formula is C21H27N3O2. The van der Waals surface area contributed by atoms with Crippen molar-refractivity contribution in [3.8, 4) is 5.75 Å². The first-order valence-electron chi connectivity index (χ1n) is 9.60. The van der Waals surface area contributed by atoms with Crippen LogP contribution >= 0.6 is 0 Å². The van der Waals surface area contributed by atoms with Crippen LogP contribution in [-0.2, 0) is 6.42 Å². The molecule has 1 aromatic carbocycles. The van der Waals surface area contributed by atoms with Crippen LogP contribution in [-0.4, -0.2) is 22.9 Å². The molecule has 4 bridgehead atoms. The molecule has 4 aliphatic rings. The van der Waals surface area contributed by atoms with E-state index in [9.17, 15) is 9.90 Å². The van der Waals surface area contributed by atoms with E-state index in [2.05, 4.69) is 22.4 Å². The smallest absolute Gasteiger partial charge is 0.335 e. The van der Waals surface area contributed by atoms with Crippen LogP contribution in [0.5, 0.6) is 5.75 Å². The highest BCUT2D eigenvalue weighted by molar-refractivity contribution is 5.85. The molecule has 5 nitrogen and oxygen atoms in total. The molecular weight excluding hydrogens is 326 g/mol. The Labute approximate surface area is 154 Å². The summed E-state index contributed by atoms with van der Waals surface area (Å²) in [5.74, 6) is 2.54. The van der Waals surface area contributed by atoms with E-state index in [1.54, 1.807) is 12.1 Å². The third-order valence-corrected chi connectivity index (χ3v) is 6.30. The van der Waals surface area contributed by atoms with Crippen molar-refractivity contribution in [2.24, 2.45) is 22.9 Å². The van der Waals surface area contributed by atoms with Gasteiger partial charge in [-0.05, 0) is 74.3 Å². The maximum atomic E-state index is 12.4. The minimum atomic E-state index is -0.245. The summed E-state index contributed by atoms with van der Waals surface area (Å²) in [6.07, 6.45) is 11.2. The second kappa shape index (κ2) is 6.78. The number of nitrogens with zero attached hydrogens (tertiary/aromatic N) is 1. The molecule has 1 aromatic rings. The van der Waals surface area contributed by atoms with Gasteiger partial charge in [0, 0.05) is 11.1 Å². The molecule has 0 atom stereocenters. The van der Waals surface area contributed by atoms with Gasteiger partial charge in [-0.25, -0.2) is 10.2 Å². The van der Waals surface area contributed by atoms with E-state index in [4.69, 9.17) is 0 Å². The molecule has 0 spiro atoms. The van der Waals surface area contributed by atoms with E-state index in [0.717, 1.165) is 42.6 Å². The number of hydrogen-bond acceptors (Lipinski definition) is 3. The summed E-state index contributed by atoms with van der Waals surface area (Å²) in [5, 5.41) is 17.5. The van der Waals surface area contributed by atoms with E-state index in [-0.39, 0.29) is 17.3 Å². The summed E-state index contributed by atoms with van der Waals surface area (Å²) in [5.41, 5.74) is 3.92. The number of allylic oxidation sites excluding steroid dienone is 1. The van der Waals surface area contributed by atoms with Gasteiger partial charge in [0.2, 0.25) is 0 Å². The molecule has 138 valence electrons. The van der Waals surface area contributed by atoms with Gasteiger partial charge in [-0.15, -0.1) is 6.58 Å². The highest BCUT2D eigenvalue weighted by atomic mass is 16.3. The van der Waals surface area contributed by atoms with Crippen LogP contribution in [0.15, 0.2) is 36.0 Å². The molecule has 4 aliphatic carbocycles. The zero-order chi connectivity index (χ0) is 18.1. The average molecular weight is 353 g/mol. The lowest BCUT2D eigenvalue weighted by atomic mass is 9.53. The molecule has 0 unspecified atom stereocenters. The molecule has 5 heteroatoms. The van der Waals surface area contributed by atoms with Crippen LogP contribution < -0.4 is 10.7 Å². The minimum Gasteiger partial charge on any atom is -0.507 e. The van der Waals surface area contributed by atoms with Crippen molar-refractivity contribution in [2.75, 3.05) is 0 Å². The molecule has 5 rings (SSSR count). The standard InChI is InChI=1S/C21H27N3O2/c1-2-4-17-5-3-6-18(19(17)25)13-22-24-20(26)23-21-10-14-7-15(11-21)9-16(8-14)12-21/h2-3,5-6,13-16,25H,1,4,7-12H2,(H2,23,24,26)/b22-13+. The number of aromatic hydroxyl groups is 1. The molecule has 3 N–H and O–H groups in total. The van der Waals surface area contributed by atoms with Crippen molar-refractivity contribution in [3.63, 3.8) is 0 Å². The fourth-order valence-corrected chi connectivity index (χ4v) is 5.73. The highest BCUT2D eigenvalue weighted by Gasteiger charge is 2.51. The summed E-state index contributed by atoms with van der Waals surface area (Å²) in [4.78, 5) is 12.4. The highest BCUT2D eigenvalue weighted by Crippen LogP contribution is 2.55. The third-order valence-electron chi connectivity index (χ3n) is 6.30. The number of carbonyl (C=O) groups excluding carboxylic acids is 1. The Kier molecular flexibility index (Phi) is 4.47. The van der Waals surface area contributed by atoms with Crippen LogP contribution in [0.4, 0.5) is 4.79 Å². The van der Waals surface area contributed by atoms with Gasteiger partial charge in [-0.1, -0.05) is 18.2 Å². The zero-order valence-electron chi connectivity index (χ0n) is 15.1. The summed E-state index contributed by atoms with van der Waals surface area (Å²) in [6, 6.07) is 5.23. The van der Waals surface area contributed by atoms with Gasteiger partial charge in [0.15, 0.2) is 0 Å². The van der Waals surface area contributed by atoms with E-state index in [1.807, 2.05) is 12.1 Å². The topological polar surface area (TPSA) is 73.7 Å². The molecule has 0 heterocycles. The van der Waals surface area contributed by atoms with Gasteiger partial charge in [-0.3, -0.25) is 0 Å². The summed E-state index contributed by atoms with van der Waals surface area (Å²) < 4.78 is 0. The van der Waals surface area contributed by atoms with Crippen molar-refractivity contribution in [2.45, 2.75) is 50.5 Å². The number of hydrazone groups is 1. The number of urea groups is 1. The van der Waals surface area contributed by atoms with E-state index in [1.165, 1.54) is 25.5 Å². The van der Waals surface area contributed by atoms with E-state index >= 15 is 0 Å². The lowest BCUT2D eigenvalue weighted by Crippen LogP contribution is -2.61. The second-order valence-corrected chi connectivity index (χ2v) is 8.37. The summed E-state index contributed by atoms with van der Waals surface area (Å²) >= 11 is 0. The summed E-state index contributed by atoms with van der Waals surface area (Å²) in [7, 11) is 0. The largest absolute Gasteiger partial charge is 0.507 e. The zero-order valence-corrected chi connectivity index (χ0v) is 15.1. The van der Waals surface area contributed by atoms with Crippen molar-refractivity contribution < 1.29 is 9.90 Å². The molecule has 2 amide bonds. The Balaban J connectivity index is 1.37. The number of carbonyl (C=O) groups is 1. The maximum Gasteiger partial charge on any atom is 0.335 e. The number of rotatable bonds is 5. The summed E-state index contributed by atoms with van der Waals surface area (Å²) in [6.45, 7) is 3.69. The Hall–Kier alpha value is -2.30. The number of nitrogens with one attached hydrogen (secondary N) is 2. The van der Waals surface area contributed by atoms with Gasteiger partial charge in [0.1, 0.15) is 5.75 Å². The third kappa shape index (κ3) is 3.35. The molecule has 0 radical (unpaired) electrons. The number of para-hydroxylation sites is 1. The van der Waals surface area contributed by atoms with Crippen LogP contribution in [0.2, 0.25) is 0 Å². The van der Waals surface area contributed by atoms with Crippen LogP contribution in [0.3, 0.4) is 0 Å². The van der Waals surface area contributed by atoms with E-state index in [0.29, 0.717) is 12.0 Å². The van der Waals surface area contributed by atoms with Gasteiger partial charge in [0.25, 0.3) is 0 Å². The van der Waals surface area contributed by atoms with Crippen LogP contribution in [0.25, 0.3) is 0 Å². The number of phenols is 1. The van der Waals surface area contributed by atoms with Crippen LogP contribution in [0.1, 0.15) is 49.7 Å². The van der Waals surface area contributed by atoms with Gasteiger partial charge in [-0.2, -0.15) is 5.10 Å². The molecule has 4 fully saturated rings. The lowest BCUT2D eigenvalue weighted by molar-refractivity contribution is -0.0135. The molecule has 0 saturated heterocycles. The minimum absolute atomic E-state index is 0.0274. The van der Waals surface area contributed by atoms with E-state index < -0.39 is 0 Å². The first-order chi connectivity index (χ1) is 12.6. The Morgan fingerprint density at radius 2 is 1.88 bits per heavy atom. The first kappa shape index (κ1) is 17.1. The molecule has 26 heavy (non-hydrogen) atoms. The lowest BCUT2D eigenvalue weighted by Gasteiger charge is -2.56. The van der Waals surface area contributed by atoms with Gasteiger partial charge < -0.3 is 10.4 Å². The molecule has 0 aliphatic heterocycles. The Bertz CT molecular complexity index is 705. The predicted molar refractivity (Wildman–Crippen MR) is 102 cm³/mol. The Morgan fingerprint density at radius 3 is 2.50 bits per heavy atom. The fourth-order valence-electron chi connectivity index (χ4n) is 5.73. The quantitative estimate of drug-likeness (QED) is 0.429. The fraction of sp³-hybridized carbons (Fsp3) is 0.524. The molecule has 4 saturated carbocycles. The number of phenolic OH excluding ortho intramolecular Hbond substituents is 1. The molecule has 0 aromatic heterocycles. The second-order valence-electron chi connectivity index (χ2n) is 8.37.